The molecule has 18 heavy (non-hydrogen) atoms. The van der Waals surface area contributed by atoms with Gasteiger partial charge in [-0.3, -0.25) is 4.79 Å². The molecule has 0 bridgehead atoms. The normalized spacial score (nSPS) is 25.6. The van der Waals surface area contributed by atoms with Gasteiger partial charge in [-0.2, -0.15) is 0 Å². The lowest BCUT2D eigenvalue weighted by Gasteiger charge is -2.34. The second kappa shape index (κ2) is 6.01. The van der Waals surface area contributed by atoms with E-state index in [1.165, 1.54) is 18.4 Å². The molecule has 0 amide bonds. The summed E-state index contributed by atoms with van der Waals surface area (Å²) in [5.41, 5.74) is 1.33. The lowest BCUT2D eigenvalue weighted by atomic mass is 9.79. The Bertz CT molecular complexity index is 391. The molecule has 1 fully saturated rings. The van der Waals surface area contributed by atoms with Crippen molar-refractivity contribution in [2.45, 2.75) is 50.6 Å². The van der Waals surface area contributed by atoms with Gasteiger partial charge in [0.1, 0.15) is 6.04 Å². The molecular formula is C15H21NO2. The van der Waals surface area contributed by atoms with Crippen LogP contribution in [0, 0.1) is 0 Å². The van der Waals surface area contributed by atoms with Crippen molar-refractivity contribution in [1.82, 2.24) is 5.32 Å². The standard InChI is InChI=1S/C15H21NO2/c1-11(15(17)18)16-14-10-6-5-9-13(14)12-7-3-2-4-8-12/h2-4,7-8,11,13-14,16H,5-6,9-10H2,1H3,(H,17,18)/t11-,13?,14?/m0/s1. The number of rotatable bonds is 4. The Morgan fingerprint density at radius 2 is 1.94 bits per heavy atom. The van der Waals surface area contributed by atoms with Gasteiger partial charge in [-0.1, -0.05) is 43.2 Å². The van der Waals surface area contributed by atoms with Gasteiger partial charge < -0.3 is 10.4 Å². The van der Waals surface area contributed by atoms with Crippen LogP contribution in [0.15, 0.2) is 30.3 Å². The Morgan fingerprint density at radius 1 is 1.28 bits per heavy atom. The third-order valence-electron chi connectivity index (χ3n) is 3.83. The summed E-state index contributed by atoms with van der Waals surface area (Å²) >= 11 is 0. The fraction of sp³-hybridized carbons (Fsp3) is 0.533. The van der Waals surface area contributed by atoms with Gasteiger partial charge in [-0.25, -0.2) is 0 Å². The highest BCUT2D eigenvalue weighted by Gasteiger charge is 2.28. The van der Waals surface area contributed by atoms with E-state index in [1.807, 2.05) is 6.07 Å². The summed E-state index contributed by atoms with van der Waals surface area (Å²) in [4.78, 5) is 11.0. The van der Waals surface area contributed by atoms with Crippen molar-refractivity contribution >= 4 is 5.97 Å². The van der Waals surface area contributed by atoms with Gasteiger partial charge >= 0.3 is 5.97 Å². The van der Waals surface area contributed by atoms with Crippen molar-refractivity contribution in [3.05, 3.63) is 35.9 Å². The zero-order chi connectivity index (χ0) is 13.0. The molecule has 0 saturated heterocycles. The highest BCUT2D eigenvalue weighted by atomic mass is 16.4. The van der Waals surface area contributed by atoms with Crippen molar-refractivity contribution < 1.29 is 9.90 Å². The number of hydrogen-bond acceptors (Lipinski definition) is 2. The van der Waals surface area contributed by atoms with E-state index in [2.05, 4.69) is 29.6 Å². The van der Waals surface area contributed by atoms with E-state index in [1.54, 1.807) is 6.92 Å². The first kappa shape index (κ1) is 13.1. The zero-order valence-corrected chi connectivity index (χ0v) is 10.8. The first-order valence-corrected chi connectivity index (χ1v) is 6.72. The maximum Gasteiger partial charge on any atom is 0.320 e. The number of aliphatic carboxylic acids is 1. The molecule has 2 unspecified atom stereocenters. The lowest BCUT2D eigenvalue weighted by molar-refractivity contribution is -0.139. The molecule has 1 aliphatic carbocycles. The predicted octanol–water partition coefficient (Wildman–Crippen LogP) is 2.78. The maximum absolute atomic E-state index is 11.0. The highest BCUT2D eigenvalue weighted by Crippen LogP contribution is 2.33. The molecule has 1 aromatic rings. The van der Waals surface area contributed by atoms with Crippen LogP contribution >= 0.6 is 0 Å². The third kappa shape index (κ3) is 3.10. The van der Waals surface area contributed by atoms with Gasteiger partial charge in [0.15, 0.2) is 0 Å². The lowest BCUT2D eigenvalue weighted by Crippen LogP contribution is -2.45. The Hall–Kier alpha value is -1.35. The van der Waals surface area contributed by atoms with Crippen LogP contribution < -0.4 is 5.32 Å². The minimum absolute atomic E-state index is 0.284. The molecule has 0 aliphatic heterocycles. The minimum atomic E-state index is -0.771. The highest BCUT2D eigenvalue weighted by molar-refractivity contribution is 5.72. The average molecular weight is 247 g/mol. The van der Waals surface area contributed by atoms with E-state index >= 15 is 0 Å². The summed E-state index contributed by atoms with van der Waals surface area (Å²) < 4.78 is 0. The SMILES string of the molecule is C[C@H](NC1CCCCC1c1ccccc1)C(=O)O. The molecular weight excluding hydrogens is 226 g/mol. The Labute approximate surface area is 108 Å². The maximum atomic E-state index is 11.0. The smallest absolute Gasteiger partial charge is 0.320 e. The fourth-order valence-electron chi connectivity index (χ4n) is 2.82. The second-order valence-electron chi connectivity index (χ2n) is 5.13. The average Bonchev–Trinajstić information content (AvgIpc) is 2.40. The van der Waals surface area contributed by atoms with Crippen molar-refractivity contribution in [2.24, 2.45) is 0 Å². The van der Waals surface area contributed by atoms with Gasteiger partial charge in [0, 0.05) is 6.04 Å². The molecule has 3 atom stereocenters. The molecule has 1 aromatic carbocycles. The van der Waals surface area contributed by atoms with Crippen LogP contribution in [0.5, 0.6) is 0 Å². The van der Waals surface area contributed by atoms with Crippen molar-refractivity contribution in [2.75, 3.05) is 0 Å². The van der Waals surface area contributed by atoms with Gasteiger partial charge in [0.25, 0.3) is 0 Å². The molecule has 2 rings (SSSR count). The second-order valence-corrected chi connectivity index (χ2v) is 5.13. The minimum Gasteiger partial charge on any atom is -0.480 e. The first-order chi connectivity index (χ1) is 8.68. The number of benzene rings is 1. The van der Waals surface area contributed by atoms with Gasteiger partial charge in [-0.05, 0) is 31.2 Å². The summed E-state index contributed by atoms with van der Waals surface area (Å²) in [6.45, 7) is 1.72. The Balaban J connectivity index is 2.09. The van der Waals surface area contributed by atoms with E-state index in [4.69, 9.17) is 5.11 Å². The molecule has 1 aliphatic rings. The van der Waals surface area contributed by atoms with E-state index < -0.39 is 12.0 Å². The summed E-state index contributed by atoms with van der Waals surface area (Å²) in [6.07, 6.45) is 4.64. The number of hydrogen-bond donors (Lipinski definition) is 2. The fourth-order valence-corrected chi connectivity index (χ4v) is 2.82. The zero-order valence-electron chi connectivity index (χ0n) is 10.8. The van der Waals surface area contributed by atoms with Gasteiger partial charge in [-0.15, -0.1) is 0 Å². The topological polar surface area (TPSA) is 49.3 Å². The number of nitrogens with one attached hydrogen (secondary N) is 1. The number of carboxylic acid groups (broad SMARTS) is 1. The monoisotopic (exact) mass is 247 g/mol. The summed E-state index contributed by atoms with van der Waals surface area (Å²) in [5, 5.41) is 12.3. The van der Waals surface area contributed by atoms with Crippen LogP contribution in [0.25, 0.3) is 0 Å². The molecule has 0 radical (unpaired) electrons. The molecule has 1 saturated carbocycles. The van der Waals surface area contributed by atoms with Crippen LogP contribution in [-0.4, -0.2) is 23.2 Å². The van der Waals surface area contributed by atoms with Crippen molar-refractivity contribution in [3.63, 3.8) is 0 Å². The van der Waals surface area contributed by atoms with Crippen LogP contribution in [0.4, 0.5) is 0 Å². The molecule has 2 N–H and O–H groups in total. The predicted molar refractivity (Wildman–Crippen MR) is 71.7 cm³/mol. The van der Waals surface area contributed by atoms with E-state index in [0.717, 1.165) is 12.8 Å². The van der Waals surface area contributed by atoms with Crippen LogP contribution in [0.3, 0.4) is 0 Å². The van der Waals surface area contributed by atoms with Gasteiger partial charge in [0.05, 0.1) is 0 Å². The summed E-state index contributed by atoms with van der Waals surface area (Å²) in [5.74, 6) is -0.325. The van der Waals surface area contributed by atoms with E-state index in [0.29, 0.717) is 5.92 Å². The van der Waals surface area contributed by atoms with Crippen LogP contribution in [-0.2, 0) is 4.79 Å². The van der Waals surface area contributed by atoms with Crippen molar-refractivity contribution in [1.29, 1.82) is 0 Å². The molecule has 0 spiro atoms. The first-order valence-electron chi connectivity index (χ1n) is 6.72. The van der Waals surface area contributed by atoms with E-state index in [9.17, 15) is 4.79 Å². The molecule has 0 heterocycles. The molecule has 0 aromatic heterocycles. The molecule has 3 nitrogen and oxygen atoms in total. The Morgan fingerprint density at radius 3 is 2.61 bits per heavy atom. The molecule has 98 valence electrons. The summed E-state index contributed by atoms with van der Waals surface area (Å²) in [7, 11) is 0. The van der Waals surface area contributed by atoms with Crippen molar-refractivity contribution in [3.8, 4) is 0 Å². The molecule has 3 heteroatoms. The third-order valence-corrected chi connectivity index (χ3v) is 3.83. The number of carbonyl (C=O) groups is 1. The quantitative estimate of drug-likeness (QED) is 0.860. The van der Waals surface area contributed by atoms with Crippen LogP contribution in [0.2, 0.25) is 0 Å². The Kier molecular flexibility index (Phi) is 4.37. The largest absolute Gasteiger partial charge is 0.480 e. The van der Waals surface area contributed by atoms with Crippen LogP contribution in [0.1, 0.15) is 44.1 Å². The van der Waals surface area contributed by atoms with E-state index in [-0.39, 0.29) is 6.04 Å². The van der Waals surface area contributed by atoms with Gasteiger partial charge in [0.2, 0.25) is 0 Å². The summed E-state index contributed by atoms with van der Waals surface area (Å²) in [6, 6.07) is 10.2. The number of carboxylic acids is 1.